The molecule has 0 unspecified atom stereocenters. The number of imidazole rings is 1. The molecule has 102 valence electrons. The summed E-state index contributed by atoms with van der Waals surface area (Å²) in [6.45, 7) is 3.37. The Kier molecular flexibility index (Phi) is 3.32. The molecule has 1 heterocycles. The first kappa shape index (κ1) is 12.3. The molecule has 0 bridgehead atoms. The summed E-state index contributed by atoms with van der Waals surface area (Å²) in [7, 11) is 0. The number of nitrogens with two attached hydrogens (primary N) is 1. The van der Waals surface area contributed by atoms with E-state index in [0.717, 1.165) is 41.0 Å². The van der Waals surface area contributed by atoms with Gasteiger partial charge in [0.25, 0.3) is 0 Å². The van der Waals surface area contributed by atoms with Gasteiger partial charge in [-0.05, 0) is 42.9 Å². The van der Waals surface area contributed by atoms with Gasteiger partial charge in [-0.15, -0.1) is 0 Å². The molecule has 4 N–H and O–H groups in total. The molecule has 3 rings (SSSR count). The third kappa shape index (κ3) is 2.83. The molecule has 1 aliphatic rings. The van der Waals surface area contributed by atoms with Crippen molar-refractivity contribution in [1.82, 2.24) is 9.97 Å². The van der Waals surface area contributed by atoms with Crippen LogP contribution in [0, 0.1) is 11.8 Å². The van der Waals surface area contributed by atoms with Gasteiger partial charge in [-0.25, -0.2) is 4.98 Å². The molecule has 1 saturated carbocycles. The molecule has 1 aromatic heterocycles. The van der Waals surface area contributed by atoms with Crippen LogP contribution in [-0.4, -0.2) is 16.5 Å². The van der Waals surface area contributed by atoms with E-state index in [1.165, 1.54) is 25.7 Å². The second-order valence-electron chi connectivity index (χ2n) is 5.87. The van der Waals surface area contributed by atoms with Crippen molar-refractivity contribution in [2.24, 2.45) is 11.8 Å². The first-order valence-electron chi connectivity index (χ1n) is 7.20. The average molecular weight is 258 g/mol. The van der Waals surface area contributed by atoms with E-state index in [1.807, 2.05) is 18.2 Å². The van der Waals surface area contributed by atoms with Crippen molar-refractivity contribution in [2.75, 3.05) is 17.6 Å². The Labute approximate surface area is 113 Å². The number of rotatable bonds is 3. The number of hydrogen-bond donors (Lipinski definition) is 3. The topological polar surface area (TPSA) is 66.7 Å². The summed E-state index contributed by atoms with van der Waals surface area (Å²) in [6, 6.07) is 5.76. The van der Waals surface area contributed by atoms with Crippen LogP contribution >= 0.6 is 0 Å². The van der Waals surface area contributed by atoms with Crippen LogP contribution in [0.2, 0.25) is 0 Å². The van der Waals surface area contributed by atoms with Gasteiger partial charge in [0.05, 0.1) is 11.0 Å². The lowest BCUT2D eigenvalue weighted by molar-refractivity contribution is 0.300. The molecule has 0 spiro atoms. The molecular formula is C15H22N4. The zero-order valence-electron chi connectivity index (χ0n) is 11.4. The van der Waals surface area contributed by atoms with Gasteiger partial charge < -0.3 is 16.0 Å². The lowest BCUT2D eigenvalue weighted by atomic mass is 9.83. The molecule has 1 aliphatic carbocycles. The van der Waals surface area contributed by atoms with Crippen molar-refractivity contribution in [3.63, 3.8) is 0 Å². The summed E-state index contributed by atoms with van der Waals surface area (Å²) >= 11 is 0. The second kappa shape index (κ2) is 5.11. The maximum absolute atomic E-state index is 5.77. The van der Waals surface area contributed by atoms with Crippen molar-refractivity contribution in [3.8, 4) is 0 Å². The van der Waals surface area contributed by atoms with E-state index in [9.17, 15) is 0 Å². The fraction of sp³-hybridized carbons (Fsp3) is 0.533. The molecule has 19 heavy (non-hydrogen) atoms. The smallest absolute Gasteiger partial charge is 0.201 e. The summed E-state index contributed by atoms with van der Waals surface area (Å²) in [5.74, 6) is 2.55. The molecule has 0 amide bonds. The van der Waals surface area contributed by atoms with Gasteiger partial charge >= 0.3 is 0 Å². The maximum atomic E-state index is 5.77. The van der Waals surface area contributed by atoms with E-state index in [4.69, 9.17) is 5.73 Å². The van der Waals surface area contributed by atoms with Crippen molar-refractivity contribution in [1.29, 1.82) is 0 Å². The van der Waals surface area contributed by atoms with Gasteiger partial charge in [-0.2, -0.15) is 0 Å². The highest BCUT2D eigenvalue weighted by atomic mass is 15.1. The monoisotopic (exact) mass is 258 g/mol. The van der Waals surface area contributed by atoms with Crippen LogP contribution in [-0.2, 0) is 0 Å². The van der Waals surface area contributed by atoms with Crippen LogP contribution in [0.3, 0.4) is 0 Å². The molecule has 2 aromatic rings. The average Bonchev–Trinajstić information content (AvgIpc) is 2.80. The number of nitrogens with one attached hydrogen (secondary N) is 2. The highest BCUT2D eigenvalue weighted by Gasteiger charge is 2.18. The standard InChI is InChI=1S/C15H22N4/c1-10-2-4-11(5-3-10)9-17-15-18-13-7-6-12(16)8-14(13)19-15/h6-8,10-11H,2-5,9,16H2,1H3,(H2,17,18,19). The van der Waals surface area contributed by atoms with Gasteiger partial charge in [0.1, 0.15) is 0 Å². The number of hydrogen-bond acceptors (Lipinski definition) is 3. The van der Waals surface area contributed by atoms with Gasteiger partial charge in [-0.1, -0.05) is 19.8 Å². The zero-order valence-corrected chi connectivity index (χ0v) is 11.4. The number of aromatic nitrogens is 2. The number of fused-ring (bicyclic) bond motifs is 1. The molecule has 1 fully saturated rings. The SMILES string of the molecule is CC1CCC(CNc2nc3ccc(N)cc3[nH]2)CC1. The maximum Gasteiger partial charge on any atom is 0.201 e. The fourth-order valence-corrected chi connectivity index (χ4v) is 2.89. The van der Waals surface area contributed by atoms with Gasteiger partial charge in [0.2, 0.25) is 5.95 Å². The number of anilines is 2. The molecule has 0 aliphatic heterocycles. The van der Waals surface area contributed by atoms with Crippen molar-refractivity contribution < 1.29 is 0 Å². The first-order valence-corrected chi connectivity index (χ1v) is 7.20. The fourth-order valence-electron chi connectivity index (χ4n) is 2.89. The van der Waals surface area contributed by atoms with Crippen LogP contribution < -0.4 is 11.1 Å². The Morgan fingerprint density at radius 1 is 1.32 bits per heavy atom. The van der Waals surface area contributed by atoms with Gasteiger partial charge in [0.15, 0.2) is 0 Å². The number of aromatic amines is 1. The molecule has 0 atom stereocenters. The number of nitrogen functional groups attached to an aromatic ring is 1. The minimum Gasteiger partial charge on any atom is -0.399 e. The van der Waals surface area contributed by atoms with Crippen LogP contribution in [0.5, 0.6) is 0 Å². The van der Waals surface area contributed by atoms with Gasteiger partial charge in [0, 0.05) is 12.2 Å². The quantitative estimate of drug-likeness (QED) is 0.739. The van der Waals surface area contributed by atoms with E-state index >= 15 is 0 Å². The molecule has 1 aromatic carbocycles. The van der Waals surface area contributed by atoms with E-state index in [-0.39, 0.29) is 0 Å². The van der Waals surface area contributed by atoms with Crippen LogP contribution in [0.25, 0.3) is 11.0 Å². The number of benzene rings is 1. The van der Waals surface area contributed by atoms with Gasteiger partial charge in [-0.3, -0.25) is 0 Å². The molecule has 4 nitrogen and oxygen atoms in total. The van der Waals surface area contributed by atoms with E-state index < -0.39 is 0 Å². The number of H-pyrrole nitrogens is 1. The van der Waals surface area contributed by atoms with Crippen molar-refractivity contribution in [2.45, 2.75) is 32.6 Å². The summed E-state index contributed by atoms with van der Waals surface area (Å²) in [5.41, 5.74) is 8.50. The first-order chi connectivity index (χ1) is 9.20. The molecule has 0 radical (unpaired) electrons. The van der Waals surface area contributed by atoms with Crippen LogP contribution in [0.1, 0.15) is 32.6 Å². The lowest BCUT2D eigenvalue weighted by Gasteiger charge is -2.26. The van der Waals surface area contributed by atoms with Crippen LogP contribution in [0.15, 0.2) is 18.2 Å². The summed E-state index contributed by atoms with van der Waals surface area (Å²) in [5, 5.41) is 3.43. The lowest BCUT2D eigenvalue weighted by Crippen LogP contribution is -2.20. The normalized spacial score (nSPS) is 23.6. The zero-order chi connectivity index (χ0) is 13.2. The number of nitrogens with zero attached hydrogens (tertiary/aromatic N) is 1. The summed E-state index contributed by atoms with van der Waals surface area (Å²) in [6.07, 6.45) is 5.40. The Hall–Kier alpha value is -1.71. The minimum atomic E-state index is 0.768. The Balaban J connectivity index is 1.62. The Morgan fingerprint density at radius 2 is 2.11 bits per heavy atom. The predicted molar refractivity (Wildman–Crippen MR) is 80.1 cm³/mol. The Bertz CT molecular complexity index is 552. The summed E-state index contributed by atoms with van der Waals surface area (Å²) < 4.78 is 0. The van der Waals surface area contributed by atoms with E-state index in [0.29, 0.717) is 0 Å². The third-order valence-corrected chi connectivity index (χ3v) is 4.20. The highest BCUT2D eigenvalue weighted by Crippen LogP contribution is 2.28. The van der Waals surface area contributed by atoms with Crippen LogP contribution in [0.4, 0.5) is 11.6 Å². The van der Waals surface area contributed by atoms with Crippen molar-refractivity contribution in [3.05, 3.63) is 18.2 Å². The van der Waals surface area contributed by atoms with Crippen molar-refractivity contribution >= 4 is 22.7 Å². The molecular weight excluding hydrogens is 236 g/mol. The van der Waals surface area contributed by atoms with E-state index in [2.05, 4.69) is 22.2 Å². The highest BCUT2D eigenvalue weighted by molar-refractivity contribution is 5.80. The predicted octanol–water partition coefficient (Wildman–Crippen LogP) is 3.38. The molecule has 4 heteroatoms. The largest absolute Gasteiger partial charge is 0.399 e. The second-order valence-corrected chi connectivity index (χ2v) is 5.87. The minimum absolute atomic E-state index is 0.768. The Morgan fingerprint density at radius 3 is 2.89 bits per heavy atom. The molecule has 0 saturated heterocycles. The third-order valence-electron chi connectivity index (χ3n) is 4.20. The summed E-state index contributed by atoms with van der Waals surface area (Å²) in [4.78, 5) is 7.81. The van der Waals surface area contributed by atoms with E-state index in [1.54, 1.807) is 0 Å².